The minimum Gasteiger partial charge on any atom is -0.378 e. The number of ether oxygens (including phenoxy) is 1. The topological polar surface area (TPSA) is 41.6 Å². The van der Waals surface area contributed by atoms with Gasteiger partial charge in [-0.1, -0.05) is 24.3 Å². The van der Waals surface area contributed by atoms with E-state index in [2.05, 4.69) is 17.4 Å². The van der Waals surface area contributed by atoms with Crippen LogP contribution in [0.2, 0.25) is 0 Å². The molecule has 4 nitrogen and oxygen atoms in total. The summed E-state index contributed by atoms with van der Waals surface area (Å²) in [5, 5.41) is 2.95. The molecule has 1 aromatic carbocycles. The highest BCUT2D eigenvalue weighted by Gasteiger charge is 2.56. The Balaban J connectivity index is 1.40. The van der Waals surface area contributed by atoms with E-state index in [9.17, 15) is 18.0 Å². The van der Waals surface area contributed by atoms with Crippen molar-refractivity contribution in [3.63, 3.8) is 0 Å². The highest BCUT2D eigenvalue weighted by atomic mass is 19.4. The van der Waals surface area contributed by atoms with Gasteiger partial charge in [-0.2, -0.15) is 13.2 Å². The lowest BCUT2D eigenvalue weighted by Gasteiger charge is -2.35. The van der Waals surface area contributed by atoms with Crippen LogP contribution in [0.4, 0.5) is 13.2 Å². The molecule has 1 heterocycles. The van der Waals surface area contributed by atoms with Crippen LogP contribution in [0.3, 0.4) is 0 Å². The minimum atomic E-state index is -4.31. The van der Waals surface area contributed by atoms with Gasteiger partial charge in [0.2, 0.25) is 5.91 Å². The summed E-state index contributed by atoms with van der Waals surface area (Å²) in [5.74, 6) is 0.341. The summed E-state index contributed by atoms with van der Waals surface area (Å²) in [6, 6.07) is 7.34. The van der Waals surface area contributed by atoms with E-state index in [1.807, 2.05) is 12.1 Å². The standard InChI is InChI=1S/C17H19F3N2O2/c18-17(19,20)9-22-5-6-24-8-13(22)16(23)21-15-12-7-10-3-1-2-4-11(10)14(12)15/h1-4,12-15H,5-9H2,(H,21,23)/t12-,13-,14+,15-/m1/s1. The molecule has 3 aliphatic rings. The average Bonchev–Trinajstić information content (AvgIpc) is 3.03. The van der Waals surface area contributed by atoms with Crippen molar-refractivity contribution in [3.8, 4) is 0 Å². The highest BCUT2D eigenvalue weighted by molar-refractivity contribution is 5.83. The van der Waals surface area contributed by atoms with E-state index in [1.54, 1.807) is 0 Å². The second-order valence-corrected chi connectivity index (χ2v) is 6.80. The summed E-state index contributed by atoms with van der Waals surface area (Å²) >= 11 is 0. The predicted octanol–water partition coefficient (Wildman–Crippen LogP) is 1.70. The van der Waals surface area contributed by atoms with Crippen molar-refractivity contribution < 1.29 is 22.7 Å². The Labute approximate surface area is 138 Å². The molecular weight excluding hydrogens is 321 g/mol. The van der Waals surface area contributed by atoms with Gasteiger partial charge in [0.1, 0.15) is 6.04 Å². The Kier molecular flexibility index (Phi) is 3.80. The van der Waals surface area contributed by atoms with Gasteiger partial charge >= 0.3 is 6.18 Å². The molecule has 130 valence electrons. The molecule has 0 bridgehead atoms. The number of alkyl halides is 3. The van der Waals surface area contributed by atoms with Crippen LogP contribution in [0.25, 0.3) is 0 Å². The molecular formula is C17H19F3N2O2. The van der Waals surface area contributed by atoms with E-state index >= 15 is 0 Å². The number of nitrogens with one attached hydrogen (secondary N) is 1. The molecule has 0 spiro atoms. The van der Waals surface area contributed by atoms with Crippen LogP contribution < -0.4 is 5.32 Å². The number of halogens is 3. The quantitative estimate of drug-likeness (QED) is 0.911. The van der Waals surface area contributed by atoms with Crippen molar-refractivity contribution in [1.82, 2.24) is 10.2 Å². The zero-order valence-corrected chi connectivity index (χ0v) is 13.1. The average molecular weight is 340 g/mol. The number of morpholine rings is 1. The summed E-state index contributed by atoms with van der Waals surface area (Å²) in [7, 11) is 0. The number of rotatable bonds is 3. The van der Waals surface area contributed by atoms with E-state index in [1.165, 1.54) is 16.0 Å². The number of benzene rings is 1. The molecule has 4 rings (SSSR count). The smallest absolute Gasteiger partial charge is 0.378 e. The lowest BCUT2D eigenvalue weighted by atomic mass is 10.0. The second-order valence-electron chi connectivity index (χ2n) is 6.80. The van der Waals surface area contributed by atoms with E-state index in [-0.39, 0.29) is 31.7 Å². The third-order valence-electron chi connectivity index (χ3n) is 5.27. The Bertz CT molecular complexity index is 649. The van der Waals surface area contributed by atoms with E-state index in [0.29, 0.717) is 11.8 Å². The van der Waals surface area contributed by atoms with Crippen LogP contribution in [0.1, 0.15) is 17.0 Å². The third kappa shape index (κ3) is 2.91. The number of hydrogen-bond acceptors (Lipinski definition) is 3. The van der Waals surface area contributed by atoms with Crippen molar-refractivity contribution in [2.45, 2.75) is 30.6 Å². The molecule has 1 amide bonds. The molecule has 1 aliphatic heterocycles. The van der Waals surface area contributed by atoms with Gasteiger partial charge in [-0.25, -0.2) is 0 Å². The SMILES string of the molecule is O=C(N[C@@H]1[C@@H]2Cc3ccccc3[C@@H]21)[C@H]1COCCN1CC(F)(F)F. The van der Waals surface area contributed by atoms with Crippen molar-refractivity contribution in [1.29, 1.82) is 0 Å². The van der Waals surface area contributed by atoms with Gasteiger partial charge in [-0.3, -0.25) is 9.69 Å². The third-order valence-corrected chi connectivity index (χ3v) is 5.27. The van der Waals surface area contributed by atoms with Gasteiger partial charge in [-0.05, 0) is 23.5 Å². The monoisotopic (exact) mass is 340 g/mol. The minimum absolute atomic E-state index is 0.0144. The molecule has 1 N–H and O–H groups in total. The maximum atomic E-state index is 12.7. The van der Waals surface area contributed by atoms with Crippen molar-refractivity contribution in [3.05, 3.63) is 35.4 Å². The van der Waals surface area contributed by atoms with Gasteiger partial charge in [0.15, 0.2) is 0 Å². The zero-order valence-electron chi connectivity index (χ0n) is 13.1. The first-order valence-electron chi connectivity index (χ1n) is 8.21. The van der Waals surface area contributed by atoms with Crippen LogP contribution in [0.5, 0.6) is 0 Å². The molecule has 0 aromatic heterocycles. The fraction of sp³-hybridized carbons (Fsp3) is 0.588. The number of carbonyl (C=O) groups is 1. The first-order chi connectivity index (χ1) is 11.4. The van der Waals surface area contributed by atoms with Gasteiger partial charge in [-0.15, -0.1) is 0 Å². The van der Waals surface area contributed by atoms with E-state index in [4.69, 9.17) is 4.74 Å². The Hall–Kier alpha value is -1.60. The van der Waals surface area contributed by atoms with Gasteiger partial charge in [0, 0.05) is 18.5 Å². The summed E-state index contributed by atoms with van der Waals surface area (Å²) < 4.78 is 43.3. The Morgan fingerprint density at radius 2 is 2.12 bits per heavy atom. The summed E-state index contributed by atoms with van der Waals surface area (Å²) in [5.41, 5.74) is 2.58. The largest absolute Gasteiger partial charge is 0.401 e. The number of nitrogens with zero attached hydrogens (tertiary/aromatic N) is 1. The maximum absolute atomic E-state index is 12.7. The van der Waals surface area contributed by atoms with Crippen LogP contribution in [-0.2, 0) is 16.0 Å². The molecule has 1 saturated heterocycles. The fourth-order valence-electron chi connectivity index (χ4n) is 4.11. The molecule has 24 heavy (non-hydrogen) atoms. The lowest BCUT2D eigenvalue weighted by Crippen LogP contribution is -2.56. The molecule has 2 fully saturated rings. The number of carbonyl (C=O) groups excluding carboxylic acids is 1. The van der Waals surface area contributed by atoms with Crippen LogP contribution in [0, 0.1) is 5.92 Å². The zero-order chi connectivity index (χ0) is 16.9. The van der Waals surface area contributed by atoms with Crippen molar-refractivity contribution in [2.24, 2.45) is 5.92 Å². The number of amides is 1. The molecule has 7 heteroatoms. The first-order valence-corrected chi connectivity index (χ1v) is 8.21. The van der Waals surface area contributed by atoms with Gasteiger partial charge in [0.25, 0.3) is 0 Å². The summed E-state index contributed by atoms with van der Waals surface area (Å²) in [4.78, 5) is 13.7. The summed E-state index contributed by atoms with van der Waals surface area (Å²) in [6.07, 6.45) is -3.38. The normalized spacial score (nSPS) is 32.1. The molecule has 1 saturated carbocycles. The first kappa shape index (κ1) is 15.9. The summed E-state index contributed by atoms with van der Waals surface area (Å²) in [6.45, 7) is -0.713. The molecule has 4 atom stereocenters. The predicted molar refractivity (Wildman–Crippen MR) is 80.5 cm³/mol. The fourth-order valence-corrected chi connectivity index (χ4v) is 4.11. The van der Waals surface area contributed by atoms with Gasteiger partial charge in [0.05, 0.1) is 19.8 Å². The van der Waals surface area contributed by atoms with Crippen molar-refractivity contribution >= 4 is 5.91 Å². The molecule has 0 radical (unpaired) electrons. The van der Waals surface area contributed by atoms with Crippen LogP contribution in [-0.4, -0.2) is 55.4 Å². The Morgan fingerprint density at radius 3 is 2.92 bits per heavy atom. The van der Waals surface area contributed by atoms with E-state index < -0.39 is 18.8 Å². The Morgan fingerprint density at radius 1 is 1.33 bits per heavy atom. The molecule has 1 aromatic rings. The second kappa shape index (κ2) is 5.74. The van der Waals surface area contributed by atoms with E-state index in [0.717, 1.165) is 6.42 Å². The number of hydrogen-bond donors (Lipinski definition) is 1. The maximum Gasteiger partial charge on any atom is 0.401 e. The molecule has 0 unspecified atom stereocenters. The number of fused-ring (bicyclic) bond motifs is 3. The van der Waals surface area contributed by atoms with Crippen molar-refractivity contribution in [2.75, 3.05) is 26.3 Å². The van der Waals surface area contributed by atoms with Crippen LogP contribution >= 0.6 is 0 Å². The highest BCUT2D eigenvalue weighted by Crippen LogP contribution is 2.56. The van der Waals surface area contributed by atoms with Crippen LogP contribution in [0.15, 0.2) is 24.3 Å². The lowest BCUT2D eigenvalue weighted by molar-refractivity contribution is -0.166. The molecule has 2 aliphatic carbocycles. The van der Waals surface area contributed by atoms with Gasteiger partial charge < -0.3 is 10.1 Å².